The molecule has 5 heterocycles. The first-order valence-electron chi connectivity index (χ1n) is 13.8. The molecular weight excluding hydrogens is 595 g/mol. The summed E-state index contributed by atoms with van der Waals surface area (Å²) in [4.78, 5) is 14.8. The third-order valence-electron chi connectivity index (χ3n) is 8.22. The van der Waals surface area contributed by atoms with Gasteiger partial charge in [0.2, 0.25) is 16.0 Å². The van der Waals surface area contributed by atoms with Crippen LogP contribution in [0.4, 0.5) is 19.1 Å². The fraction of sp³-hybridized carbons (Fsp3) is 0.519. The van der Waals surface area contributed by atoms with Crippen LogP contribution in [0.2, 0.25) is 5.02 Å². The molecule has 1 N–H and O–H groups in total. The molecule has 2 aromatic heterocycles. The molecule has 3 fully saturated rings. The second-order valence-electron chi connectivity index (χ2n) is 11.1. The molecule has 0 aliphatic carbocycles. The topological polar surface area (TPSA) is 105 Å². The van der Waals surface area contributed by atoms with Gasteiger partial charge >= 0.3 is 6.18 Å². The number of morpholine rings is 1. The third-order valence-corrected chi connectivity index (χ3v) is 9.83. The summed E-state index contributed by atoms with van der Waals surface area (Å²) in [5.74, 6) is 0.0184. The van der Waals surface area contributed by atoms with Crippen LogP contribution in [-0.4, -0.2) is 87.8 Å². The van der Waals surface area contributed by atoms with Crippen LogP contribution in [-0.2, 0) is 27.5 Å². The Kier molecular flexibility index (Phi) is 7.94. The van der Waals surface area contributed by atoms with E-state index in [1.165, 1.54) is 16.8 Å². The molecular formula is C27H31ClF3N7O3S. The number of aromatic nitrogens is 4. The fourth-order valence-electron chi connectivity index (χ4n) is 5.99. The molecule has 10 nitrogen and oxygen atoms in total. The number of rotatable bonds is 7. The fourth-order valence-corrected chi connectivity index (χ4v) is 7.16. The Labute approximate surface area is 246 Å². The molecule has 3 aliphatic rings. The summed E-state index contributed by atoms with van der Waals surface area (Å²) in [7, 11) is -3.30. The van der Waals surface area contributed by atoms with Gasteiger partial charge in [-0.2, -0.15) is 13.2 Å². The van der Waals surface area contributed by atoms with E-state index in [4.69, 9.17) is 16.3 Å². The third kappa shape index (κ3) is 6.13. The van der Waals surface area contributed by atoms with Gasteiger partial charge in [-0.3, -0.25) is 4.90 Å². The zero-order valence-corrected chi connectivity index (χ0v) is 24.5. The molecule has 3 aliphatic heterocycles. The highest BCUT2D eigenvalue weighted by molar-refractivity contribution is 7.88. The number of imidazole rings is 1. The minimum absolute atomic E-state index is 0.0182. The second kappa shape index (κ2) is 11.4. The van der Waals surface area contributed by atoms with Crippen molar-refractivity contribution in [1.82, 2.24) is 28.7 Å². The standard InChI is InChI=1S/C27H31ClF3N7O3S/c1-42(39,40)37-8-6-18(7-9-37)34-26-32-11-21(27(29,30)31)25(35-26)23-13-36(16-33-23)24-5-2-17(10-22(24)28)12-38-19-3-4-20(38)15-41-14-19/h2,5,10-11,13,16,18-20H,3-4,6-9,12,14-15H2,1H3,(H,32,34,35). The molecule has 1 aromatic carbocycles. The van der Waals surface area contributed by atoms with Crippen LogP contribution in [0.25, 0.3) is 17.1 Å². The zero-order chi connectivity index (χ0) is 29.6. The van der Waals surface area contributed by atoms with Crippen LogP contribution in [0.15, 0.2) is 36.9 Å². The smallest absolute Gasteiger partial charge is 0.378 e. The van der Waals surface area contributed by atoms with Gasteiger partial charge < -0.3 is 14.6 Å². The quantitative estimate of drug-likeness (QED) is 0.417. The lowest BCUT2D eigenvalue weighted by Crippen LogP contribution is -2.45. The van der Waals surface area contributed by atoms with Gasteiger partial charge in [-0.25, -0.2) is 27.7 Å². The van der Waals surface area contributed by atoms with Crippen LogP contribution in [0.5, 0.6) is 0 Å². The molecule has 2 unspecified atom stereocenters. The Balaban J connectivity index is 1.21. The van der Waals surface area contributed by atoms with Gasteiger partial charge in [-0.05, 0) is 43.4 Å². The molecule has 0 spiro atoms. The first-order valence-corrected chi connectivity index (χ1v) is 16.0. The van der Waals surface area contributed by atoms with Crippen LogP contribution >= 0.6 is 11.6 Å². The number of hydrogen-bond donors (Lipinski definition) is 1. The van der Waals surface area contributed by atoms with Crippen molar-refractivity contribution in [3.63, 3.8) is 0 Å². The van der Waals surface area contributed by atoms with Crippen molar-refractivity contribution < 1.29 is 26.3 Å². The monoisotopic (exact) mass is 625 g/mol. The number of halogens is 4. The lowest BCUT2D eigenvalue weighted by molar-refractivity contribution is -0.137. The number of piperidine rings is 1. The van der Waals surface area contributed by atoms with Gasteiger partial charge in [0.15, 0.2) is 0 Å². The second-order valence-corrected chi connectivity index (χ2v) is 13.5. The van der Waals surface area contributed by atoms with Gasteiger partial charge in [0.05, 0.1) is 30.2 Å². The van der Waals surface area contributed by atoms with Gasteiger partial charge in [0.25, 0.3) is 0 Å². The number of nitrogens with one attached hydrogen (secondary N) is 1. The van der Waals surface area contributed by atoms with E-state index in [1.807, 2.05) is 18.2 Å². The van der Waals surface area contributed by atoms with Gasteiger partial charge in [0, 0.05) is 50.2 Å². The largest absolute Gasteiger partial charge is 0.420 e. The highest BCUT2D eigenvalue weighted by Gasteiger charge is 2.38. The van der Waals surface area contributed by atoms with E-state index < -0.39 is 21.8 Å². The Morgan fingerprint density at radius 2 is 1.81 bits per heavy atom. The van der Waals surface area contributed by atoms with Crippen molar-refractivity contribution in [2.75, 3.05) is 37.9 Å². The van der Waals surface area contributed by atoms with Crippen LogP contribution in [0, 0.1) is 0 Å². The van der Waals surface area contributed by atoms with Crippen LogP contribution < -0.4 is 5.32 Å². The SMILES string of the molecule is CS(=O)(=O)N1CCC(Nc2ncc(C(F)(F)F)c(-c3cn(-c4ccc(CN5C6CCC5COC6)cc4Cl)cn3)n2)CC1. The number of sulfonamides is 1. The number of anilines is 1. The van der Waals surface area contributed by atoms with Crippen LogP contribution in [0.3, 0.4) is 0 Å². The summed E-state index contributed by atoms with van der Waals surface area (Å²) in [5.41, 5.74) is 0.290. The summed E-state index contributed by atoms with van der Waals surface area (Å²) in [6.07, 6.45) is 3.27. The van der Waals surface area contributed by atoms with Crippen LogP contribution in [0.1, 0.15) is 36.8 Å². The Hall–Kier alpha value is -2.78. The van der Waals surface area contributed by atoms with E-state index in [1.54, 1.807) is 4.57 Å². The minimum Gasteiger partial charge on any atom is -0.378 e. The summed E-state index contributed by atoms with van der Waals surface area (Å²) >= 11 is 6.65. The maximum absolute atomic E-state index is 13.9. The Morgan fingerprint density at radius 3 is 2.45 bits per heavy atom. The average molecular weight is 626 g/mol. The molecule has 0 radical (unpaired) electrons. The first kappa shape index (κ1) is 29.3. The van der Waals surface area contributed by atoms with E-state index in [-0.39, 0.29) is 23.4 Å². The Morgan fingerprint density at radius 1 is 1.10 bits per heavy atom. The highest BCUT2D eigenvalue weighted by Crippen LogP contribution is 2.37. The van der Waals surface area contributed by atoms with Crippen molar-refractivity contribution in [2.45, 2.75) is 56.5 Å². The summed E-state index contributed by atoms with van der Waals surface area (Å²) in [5, 5.41) is 3.52. The normalized spacial score (nSPS) is 22.5. The molecule has 42 heavy (non-hydrogen) atoms. The predicted octanol–water partition coefficient (Wildman–Crippen LogP) is 4.20. The van der Waals surface area contributed by atoms with E-state index in [9.17, 15) is 21.6 Å². The number of fused-ring (bicyclic) bond motifs is 2. The summed E-state index contributed by atoms with van der Waals surface area (Å²) in [6, 6.07) is 6.33. The molecule has 15 heteroatoms. The number of nitrogens with zero attached hydrogens (tertiary/aromatic N) is 6. The number of hydrogen-bond acceptors (Lipinski definition) is 8. The van der Waals surface area contributed by atoms with Gasteiger partial charge in [-0.1, -0.05) is 17.7 Å². The maximum atomic E-state index is 13.9. The molecule has 0 amide bonds. The van der Waals surface area contributed by atoms with Gasteiger partial charge in [0.1, 0.15) is 23.3 Å². The first-order chi connectivity index (χ1) is 20.0. The minimum atomic E-state index is -4.70. The van der Waals surface area contributed by atoms with E-state index >= 15 is 0 Å². The van der Waals surface area contributed by atoms with E-state index in [0.717, 1.165) is 50.6 Å². The predicted molar refractivity (Wildman–Crippen MR) is 151 cm³/mol. The van der Waals surface area contributed by atoms with Crippen molar-refractivity contribution in [1.29, 1.82) is 0 Å². The average Bonchev–Trinajstić information content (AvgIpc) is 3.48. The van der Waals surface area contributed by atoms with Crippen molar-refractivity contribution in [3.8, 4) is 17.1 Å². The van der Waals surface area contributed by atoms with Crippen molar-refractivity contribution >= 4 is 27.6 Å². The molecule has 3 saturated heterocycles. The highest BCUT2D eigenvalue weighted by atomic mass is 35.5. The van der Waals surface area contributed by atoms with Gasteiger partial charge in [-0.15, -0.1) is 0 Å². The number of alkyl halides is 3. The molecule has 226 valence electrons. The molecule has 6 rings (SSSR count). The summed E-state index contributed by atoms with van der Waals surface area (Å²) < 4.78 is 74.0. The van der Waals surface area contributed by atoms with Crippen molar-refractivity contribution in [2.24, 2.45) is 0 Å². The van der Waals surface area contributed by atoms with Crippen molar-refractivity contribution in [3.05, 3.63) is 53.1 Å². The zero-order valence-electron chi connectivity index (χ0n) is 22.9. The number of benzene rings is 1. The lowest BCUT2D eigenvalue weighted by atomic mass is 10.1. The molecule has 0 saturated carbocycles. The Bertz CT molecular complexity index is 1540. The molecule has 2 bridgehead atoms. The van der Waals surface area contributed by atoms with E-state index in [0.29, 0.717) is 48.7 Å². The lowest BCUT2D eigenvalue weighted by Gasteiger charge is -2.34. The summed E-state index contributed by atoms with van der Waals surface area (Å²) in [6.45, 7) is 2.85. The molecule has 3 aromatic rings. The number of ether oxygens (including phenoxy) is 1. The maximum Gasteiger partial charge on any atom is 0.420 e. The van der Waals surface area contributed by atoms with E-state index in [2.05, 4.69) is 25.2 Å². The molecule has 2 atom stereocenters.